The molecule has 5 nitrogen and oxygen atoms in total. The zero-order chi connectivity index (χ0) is 14.7. The highest BCUT2D eigenvalue weighted by Gasteiger charge is 2.18. The first-order valence-electron chi connectivity index (χ1n) is 6.96. The Morgan fingerprint density at radius 2 is 1.90 bits per heavy atom. The number of benzene rings is 1. The second-order valence-electron chi connectivity index (χ2n) is 4.61. The van der Waals surface area contributed by atoms with Crippen molar-refractivity contribution < 1.29 is 4.79 Å². The Balaban J connectivity index is 2.63. The van der Waals surface area contributed by atoms with Crippen LogP contribution in [0.4, 0.5) is 5.95 Å². The van der Waals surface area contributed by atoms with E-state index in [4.69, 9.17) is 5.73 Å². The molecule has 20 heavy (non-hydrogen) atoms. The normalized spacial score (nSPS) is 10.8. The van der Waals surface area contributed by atoms with Gasteiger partial charge in [0.15, 0.2) is 0 Å². The summed E-state index contributed by atoms with van der Waals surface area (Å²) < 4.78 is 0. The molecule has 0 bridgehead atoms. The van der Waals surface area contributed by atoms with Gasteiger partial charge in [0.25, 0.3) is 5.91 Å². The van der Waals surface area contributed by atoms with Crippen LogP contribution in [0.15, 0.2) is 18.2 Å². The monoisotopic (exact) mass is 272 g/mol. The van der Waals surface area contributed by atoms with Gasteiger partial charge in [-0.05, 0) is 38.0 Å². The number of anilines is 1. The van der Waals surface area contributed by atoms with Crippen LogP contribution >= 0.6 is 0 Å². The summed E-state index contributed by atoms with van der Waals surface area (Å²) in [5, 5.41) is 0.774. The number of aryl methyl sites for hydroxylation is 1. The molecule has 0 aliphatic rings. The second-order valence-corrected chi connectivity index (χ2v) is 4.61. The van der Waals surface area contributed by atoms with Crippen molar-refractivity contribution in [2.24, 2.45) is 0 Å². The average Bonchev–Trinajstić information content (AvgIpc) is 2.47. The van der Waals surface area contributed by atoms with E-state index in [9.17, 15) is 4.79 Å². The molecule has 0 saturated carbocycles. The van der Waals surface area contributed by atoms with Crippen LogP contribution in [0.5, 0.6) is 0 Å². The van der Waals surface area contributed by atoms with Gasteiger partial charge in [0.05, 0.1) is 5.52 Å². The topological polar surface area (TPSA) is 72.1 Å². The highest BCUT2D eigenvalue weighted by molar-refractivity contribution is 6.04. The second kappa shape index (κ2) is 5.86. The lowest BCUT2D eigenvalue weighted by molar-refractivity contribution is 0.0769. The molecule has 0 fully saturated rings. The number of hydrogen-bond donors (Lipinski definition) is 1. The lowest BCUT2D eigenvalue weighted by Gasteiger charge is -2.19. The van der Waals surface area contributed by atoms with E-state index in [0.717, 1.165) is 17.4 Å². The number of amides is 1. The molecule has 0 aliphatic carbocycles. The van der Waals surface area contributed by atoms with Crippen LogP contribution in [0.2, 0.25) is 0 Å². The summed E-state index contributed by atoms with van der Waals surface area (Å²) in [6, 6.07) is 5.87. The highest BCUT2D eigenvalue weighted by Crippen LogP contribution is 2.20. The molecule has 1 amide bonds. The van der Waals surface area contributed by atoms with Gasteiger partial charge in [-0.2, -0.15) is 0 Å². The van der Waals surface area contributed by atoms with E-state index in [1.807, 2.05) is 32.0 Å². The fourth-order valence-corrected chi connectivity index (χ4v) is 2.24. The zero-order valence-corrected chi connectivity index (χ0v) is 12.2. The van der Waals surface area contributed by atoms with Crippen molar-refractivity contribution in [2.75, 3.05) is 18.8 Å². The van der Waals surface area contributed by atoms with E-state index < -0.39 is 0 Å². The van der Waals surface area contributed by atoms with E-state index >= 15 is 0 Å². The van der Waals surface area contributed by atoms with Crippen LogP contribution in [-0.4, -0.2) is 33.9 Å². The molecule has 1 aromatic heterocycles. The third kappa shape index (κ3) is 2.57. The quantitative estimate of drug-likeness (QED) is 0.926. The van der Waals surface area contributed by atoms with Crippen molar-refractivity contribution in [1.82, 2.24) is 14.9 Å². The molecular weight excluding hydrogens is 252 g/mol. The first kappa shape index (κ1) is 14.2. The van der Waals surface area contributed by atoms with Gasteiger partial charge in [0.2, 0.25) is 5.95 Å². The molecule has 0 radical (unpaired) electrons. The number of nitrogens with two attached hydrogens (primary N) is 1. The summed E-state index contributed by atoms with van der Waals surface area (Å²) in [6.45, 7) is 7.27. The van der Waals surface area contributed by atoms with E-state index in [1.54, 1.807) is 4.90 Å². The van der Waals surface area contributed by atoms with Crippen LogP contribution in [0.1, 0.15) is 36.8 Å². The minimum atomic E-state index is -0.0950. The summed E-state index contributed by atoms with van der Waals surface area (Å²) in [6.07, 6.45) is 0.902. The molecule has 5 heteroatoms. The van der Waals surface area contributed by atoms with Crippen molar-refractivity contribution in [2.45, 2.75) is 27.2 Å². The molecule has 106 valence electrons. The summed E-state index contributed by atoms with van der Waals surface area (Å²) in [5.41, 5.74) is 7.98. The maximum absolute atomic E-state index is 12.6. The number of nitrogens with zero attached hydrogens (tertiary/aromatic N) is 3. The van der Waals surface area contributed by atoms with Gasteiger partial charge >= 0.3 is 0 Å². The molecule has 1 aromatic carbocycles. The van der Waals surface area contributed by atoms with E-state index in [2.05, 4.69) is 16.9 Å². The molecule has 1 heterocycles. The maximum Gasteiger partial charge on any atom is 0.273 e. The standard InChI is InChI=1S/C15H20N4O/c1-4-10-7-8-12-11(9-10)13(18-15(16)17-12)14(20)19(5-2)6-3/h7-9H,4-6H2,1-3H3,(H2,16,17,18). The predicted molar refractivity (Wildman–Crippen MR) is 80.6 cm³/mol. The molecule has 0 spiro atoms. The minimum absolute atomic E-state index is 0.0950. The van der Waals surface area contributed by atoms with Crippen molar-refractivity contribution in [1.29, 1.82) is 0 Å². The molecule has 2 N–H and O–H groups in total. The summed E-state index contributed by atoms with van der Waals surface area (Å²) in [5.74, 6) is 0.0413. The van der Waals surface area contributed by atoms with E-state index in [0.29, 0.717) is 24.3 Å². The number of rotatable bonds is 4. The first-order chi connectivity index (χ1) is 9.60. The number of aromatic nitrogens is 2. The Kier molecular flexibility index (Phi) is 4.17. The van der Waals surface area contributed by atoms with Crippen molar-refractivity contribution in [3.63, 3.8) is 0 Å². The Morgan fingerprint density at radius 3 is 2.50 bits per heavy atom. The lowest BCUT2D eigenvalue weighted by atomic mass is 10.1. The zero-order valence-electron chi connectivity index (χ0n) is 12.2. The van der Waals surface area contributed by atoms with E-state index in [-0.39, 0.29) is 11.9 Å². The molecule has 0 aliphatic heterocycles. The van der Waals surface area contributed by atoms with Gasteiger partial charge in [-0.15, -0.1) is 0 Å². The van der Waals surface area contributed by atoms with Crippen LogP contribution in [-0.2, 0) is 6.42 Å². The fourth-order valence-electron chi connectivity index (χ4n) is 2.24. The maximum atomic E-state index is 12.6. The van der Waals surface area contributed by atoms with Gasteiger partial charge in [-0.3, -0.25) is 4.79 Å². The summed E-state index contributed by atoms with van der Waals surface area (Å²) in [7, 11) is 0. The minimum Gasteiger partial charge on any atom is -0.368 e. The molecule has 0 unspecified atom stereocenters. The van der Waals surface area contributed by atoms with Crippen molar-refractivity contribution in [3.05, 3.63) is 29.5 Å². The number of carbonyl (C=O) groups is 1. The van der Waals surface area contributed by atoms with Gasteiger partial charge in [0, 0.05) is 18.5 Å². The average molecular weight is 272 g/mol. The van der Waals surface area contributed by atoms with Crippen LogP contribution < -0.4 is 5.73 Å². The highest BCUT2D eigenvalue weighted by atomic mass is 16.2. The first-order valence-corrected chi connectivity index (χ1v) is 6.96. The van der Waals surface area contributed by atoms with Crippen LogP contribution in [0.3, 0.4) is 0 Å². The Hall–Kier alpha value is -2.17. The summed E-state index contributed by atoms with van der Waals surface area (Å²) in [4.78, 5) is 22.7. The SMILES string of the molecule is CCc1ccc2nc(N)nc(C(=O)N(CC)CC)c2c1. The van der Waals surface area contributed by atoms with Gasteiger partial charge in [-0.1, -0.05) is 13.0 Å². The fraction of sp³-hybridized carbons (Fsp3) is 0.400. The number of fused-ring (bicyclic) bond motifs is 1. The Morgan fingerprint density at radius 1 is 1.20 bits per heavy atom. The molecule has 0 saturated heterocycles. The van der Waals surface area contributed by atoms with Gasteiger partial charge < -0.3 is 10.6 Å². The van der Waals surface area contributed by atoms with Gasteiger partial charge in [-0.25, -0.2) is 9.97 Å². The Labute approximate surface area is 118 Å². The third-order valence-electron chi connectivity index (χ3n) is 3.44. The van der Waals surface area contributed by atoms with Crippen molar-refractivity contribution in [3.8, 4) is 0 Å². The lowest BCUT2D eigenvalue weighted by Crippen LogP contribution is -2.31. The number of nitrogen functional groups attached to an aromatic ring is 1. The van der Waals surface area contributed by atoms with E-state index in [1.165, 1.54) is 0 Å². The molecular formula is C15H20N4O. The molecule has 2 rings (SSSR count). The van der Waals surface area contributed by atoms with Crippen LogP contribution in [0.25, 0.3) is 10.9 Å². The summed E-state index contributed by atoms with van der Waals surface area (Å²) >= 11 is 0. The Bertz CT molecular complexity index is 635. The van der Waals surface area contributed by atoms with Crippen molar-refractivity contribution >= 4 is 22.8 Å². The number of carbonyl (C=O) groups excluding carboxylic acids is 1. The third-order valence-corrected chi connectivity index (χ3v) is 3.44. The molecule has 0 atom stereocenters. The molecule has 2 aromatic rings. The smallest absolute Gasteiger partial charge is 0.273 e. The number of hydrogen-bond acceptors (Lipinski definition) is 4. The predicted octanol–water partition coefficient (Wildman–Crippen LogP) is 2.26. The van der Waals surface area contributed by atoms with Crippen LogP contribution in [0, 0.1) is 0 Å². The van der Waals surface area contributed by atoms with Gasteiger partial charge in [0.1, 0.15) is 5.69 Å². The largest absolute Gasteiger partial charge is 0.368 e.